The van der Waals surface area contributed by atoms with Gasteiger partial charge in [-0.2, -0.15) is 0 Å². The summed E-state index contributed by atoms with van der Waals surface area (Å²) in [5, 5.41) is 2.91. The van der Waals surface area contributed by atoms with Gasteiger partial charge in [-0.25, -0.2) is 4.98 Å². The molecule has 9 nitrogen and oxygen atoms in total. The topological polar surface area (TPSA) is 136 Å². The number of nitrogens with zero attached hydrogens (tertiary/aromatic N) is 2. The maximum atomic E-state index is 12.5. The molecule has 0 spiro atoms. The molecule has 0 radical (unpaired) electrons. The average molecular weight is 482 g/mol. The number of hydrogen-bond acceptors (Lipinski definition) is 5. The van der Waals surface area contributed by atoms with Gasteiger partial charge in [-0.05, 0) is 54.8 Å². The monoisotopic (exact) mass is 482 g/mol. The van der Waals surface area contributed by atoms with Crippen LogP contribution in [-0.4, -0.2) is 38.0 Å². The maximum Gasteiger partial charge on any atom is 0.347 e. The number of aryl methyl sites for hydroxylation is 1. The van der Waals surface area contributed by atoms with Crippen molar-refractivity contribution in [3.8, 4) is 12.3 Å². The van der Waals surface area contributed by atoms with Gasteiger partial charge in [0.25, 0.3) is 11.5 Å². The fourth-order valence-corrected chi connectivity index (χ4v) is 4.71. The first kappa shape index (κ1) is 25.2. The minimum absolute atomic E-state index is 0.210. The van der Waals surface area contributed by atoms with Crippen molar-refractivity contribution in [1.29, 1.82) is 0 Å². The van der Waals surface area contributed by atoms with E-state index in [0.29, 0.717) is 29.8 Å². The number of anilines is 1. The molecule has 3 aromatic rings. The van der Waals surface area contributed by atoms with Gasteiger partial charge in [0.05, 0.1) is 17.4 Å². The van der Waals surface area contributed by atoms with Crippen LogP contribution < -0.4 is 15.8 Å². The molecule has 178 valence electrons. The second-order valence-electron chi connectivity index (χ2n) is 8.36. The molecular weight excluding hydrogens is 455 g/mol. The summed E-state index contributed by atoms with van der Waals surface area (Å²) in [7, 11) is -4.49. The number of aromatic nitrogens is 2. The Labute approximate surface area is 197 Å². The highest BCUT2D eigenvalue weighted by atomic mass is 31.2. The van der Waals surface area contributed by atoms with Crippen LogP contribution >= 0.6 is 7.60 Å². The number of fused-ring (bicyclic) bond motifs is 1. The Balaban J connectivity index is 1.81. The zero-order valence-corrected chi connectivity index (χ0v) is 20.0. The standard InChI is InChI=1S/C24H27N4O5P/c1-5-12-28(14-17-6-11-21-20(13-17)23(30)26-16(4)25-21)19-9-7-18(8-10-19)22(29)27-24(15(2)3)34(31,32)33/h1,6-11,13,15,24H,12,14H2,2-4H3,(H,27,29)(H,25,26,30)(H2,31,32,33). The summed E-state index contributed by atoms with van der Waals surface area (Å²) in [5.74, 6) is 0.872. The molecule has 1 heterocycles. The van der Waals surface area contributed by atoms with Gasteiger partial charge in [-0.3, -0.25) is 14.2 Å². The number of benzene rings is 2. The van der Waals surface area contributed by atoms with Gasteiger partial charge < -0.3 is 25.0 Å². The normalized spacial score (nSPS) is 12.4. The molecule has 3 rings (SSSR count). The Morgan fingerprint density at radius 3 is 2.50 bits per heavy atom. The van der Waals surface area contributed by atoms with Gasteiger partial charge >= 0.3 is 7.60 Å². The molecule has 1 atom stereocenters. The number of H-pyrrole nitrogens is 1. The van der Waals surface area contributed by atoms with Crippen molar-refractivity contribution in [3.63, 3.8) is 0 Å². The van der Waals surface area contributed by atoms with Gasteiger partial charge in [0.1, 0.15) is 11.6 Å². The Bertz CT molecular complexity index is 1340. The van der Waals surface area contributed by atoms with Crippen LogP contribution in [0.3, 0.4) is 0 Å². The quantitative estimate of drug-likeness (QED) is 0.286. The zero-order valence-electron chi connectivity index (χ0n) is 19.1. The first-order valence-electron chi connectivity index (χ1n) is 10.6. The van der Waals surface area contributed by atoms with Gasteiger partial charge in [0.2, 0.25) is 0 Å². The molecule has 0 aliphatic heterocycles. The average Bonchev–Trinajstić information content (AvgIpc) is 2.76. The molecule has 0 aliphatic rings. The minimum atomic E-state index is -4.49. The number of hydrogen-bond donors (Lipinski definition) is 4. The number of carbonyl (C=O) groups excluding carboxylic acids is 1. The van der Waals surface area contributed by atoms with Crippen molar-refractivity contribution in [2.24, 2.45) is 5.92 Å². The van der Waals surface area contributed by atoms with Crippen molar-refractivity contribution < 1.29 is 19.1 Å². The van der Waals surface area contributed by atoms with E-state index in [0.717, 1.165) is 11.3 Å². The van der Waals surface area contributed by atoms with Crippen LogP contribution in [0.2, 0.25) is 0 Å². The molecule has 4 N–H and O–H groups in total. The van der Waals surface area contributed by atoms with Crippen LogP contribution in [-0.2, 0) is 11.1 Å². The Hall–Kier alpha value is -3.44. The van der Waals surface area contributed by atoms with Crippen LogP contribution in [0.5, 0.6) is 0 Å². The number of amides is 1. The number of nitrogens with one attached hydrogen (secondary N) is 2. The number of aromatic amines is 1. The SMILES string of the molecule is C#CCN(Cc1ccc2nc(C)[nH]c(=O)c2c1)c1ccc(C(=O)NC(C(C)C)P(=O)(O)O)cc1. The van der Waals surface area contributed by atoms with E-state index in [4.69, 9.17) is 6.42 Å². The van der Waals surface area contributed by atoms with E-state index >= 15 is 0 Å². The van der Waals surface area contributed by atoms with Crippen LogP contribution in [0, 0.1) is 25.2 Å². The molecule has 10 heteroatoms. The number of terminal acetylenes is 1. The van der Waals surface area contributed by atoms with Crippen LogP contribution in [0.4, 0.5) is 5.69 Å². The van der Waals surface area contributed by atoms with E-state index < -0.39 is 25.2 Å². The van der Waals surface area contributed by atoms with Gasteiger partial charge in [0.15, 0.2) is 0 Å². The lowest BCUT2D eigenvalue weighted by molar-refractivity contribution is 0.0935. The summed E-state index contributed by atoms with van der Waals surface area (Å²) >= 11 is 0. The van der Waals surface area contributed by atoms with E-state index in [-0.39, 0.29) is 11.1 Å². The van der Waals surface area contributed by atoms with E-state index in [1.165, 1.54) is 0 Å². The van der Waals surface area contributed by atoms with E-state index in [9.17, 15) is 23.9 Å². The van der Waals surface area contributed by atoms with Crippen LogP contribution in [0.1, 0.15) is 35.6 Å². The highest BCUT2D eigenvalue weighted by Gasteiger charge is 2.33. The molecule has 1 amide bonds. The second kappa shape index (κ2) is 10.2. The van der Waals surface area contributed by atoms with Crippen molar-refractivity contribution in [1.82, 2.24) is 15.3 Å². The molecule has 0 fully saturated rings. The molecule has 0 saturated carbocycles. The van der Waals surface area contributed by atoms with Crippen LogP contribution in [0.25, 0.3) is 10.9 Å². The predicted octanol–water partition coefficient (Wildman–Crippen LogP) is 2.76. The summed E-state index contributed by atoms with van der Waals surface area (Å²) in [6.07, 6.45) is 5.56. The zero-order chi connectivity index (χ0) is 25.0. The van der Waals surface area contributed by atoms with Crippen molar-refractivity contribution in [2.75, 3.05) is 11.4 Å². The molecule has 2 aromatic carbocycles. The third-order valence-corrected chi connectivity index (χ3v) is 6.76. The number of rotatable bonds is 8. The molecule has 0 bridgehead atoms. The second-order valence-corrected chi connectivity index (χ2v) is 10.1. The molecule has 1 unspecified atom stereocenters. The van der Waals surface area contributed by atoms with Crippen molar-refractivity contribution in [3.05, 3.63) is 69.8 Å². The van der Waals surface area contributed by atoms with Gasteiger partial charge in [-0.1, -0.05) is 25.8 Å². The molecule has 1 aromatic heterocycles. The summed E-state index contributed by atoms with van der Waals surface area (Å²) in [5.41, 5.74) is 2.28. The van der Waals surface area contributed by atoms with Crippen molar-refractivity contribution in [2.45, 2.75) is 33.1 Å². The van der Waals surface area contributed by atoms with E-state index in [1.807, 2.05) is 11.0 Å². The largest absolute Gasteiger partial charge is 0.356 e. The predicted molar refractivity (Wildman–Crippen MR) is 132 cm³/mol. The van der Waals surface area contributed by atoms with Crippen LogP contribution in [0.15, 0.2) is 47.3 Å². The maximum absolute atomic E-state index is 12.5. The smallest absolute Gasteiger partial charge is 0.347 e. The Morgan fingerprint density at radius 2 is 1.91 bits per heavy atom. The van der Waals surface area contributed by atoms with E-state index in [2.05, 4.69) is 21.2 Å². The Kier molecular flexibility index (Phi) is 7.57. The lowest BCUT2D eigenvalue weighted by Crippen LogP contribution is -2.38. The first-order valence-corrected chi connectivity index (χ1v) is 12.3. The summed E-state index contributed by atoms with van der Waals surface area (Å²) in [4.78, 5) is 52.8. The third-order valence-electron chi connectivity index (χ3n) is 5.31. The first-order chi connectivity index (χ1) is 16.0. The lowest BCUT2D eigenvalue weighted by Gasteiger charge is -2.24. The number of carbonyl (C=O) groups is 1. The molecule has 0 saturated heterocycles. The van der Waals surface area contributed by atoms with Gasteiger partial charge in [-0.15, -0.1) is 6.42 Å². The summed E-state index contributed by atoms with van der Waals surface area (Å²) < 4.78 is 11.7. The highest BCUT2D eigenvalue weighted by molar-refractivity contribution is 7.52. The highest BCUT2D eigenvalue weighted by Crippen LogP contribution is 2.43. The van der Waals surface area contributed by atoms with Crippen molar-refractivity contribution >= 4 is 30.1 Å². The van der Waals surface area contributed by atoms with Gasteiger partial charge in [0, 0.05) is 17.8 Å². The third kappa shape index (κ3) is 5.91. The molecule has 0 aliphatic carbocycles. The summed E-state index contributed by atoms with van der Waals surface area (Å²) in [6, 6.07) is 12.0. The lowest BCUT2D eigenvalue weighted by atomic mass is 10.1. The Morgan fingerprint density at radius 1 is 1.24 bits per heavy atom. The molecule has 34 heavy (non-hydrogen) atoms. The fourth-order valence-electron chi connectivity index (χ4n) is 3.65. The van der Waals surface area contributed by atoms with E-state index in [1.54, 1.807) is 57.2 Å². The molecular formula is C24H27N4O5P. The summed E-state index contributed by atoms with van der Waals surface area (Å²) in [6.45, 7) is 5.69. The minimum Gasteiger partial charge on any atom is -0.356 e. The fraction of sp³-hybridized carbons (Fsp3) is 0.292.